The number of hydrogen-bond donors (Lipinski definition) is 3. The molecule has 7 heteroatoms. The Kier molecular flexibility index (Phi) is 3.20. The smallest absolute Gasteiger partial charge is 0.235 e. The molecule has 0 saturated heterocycles. The molecule has 2 aromatic rings. The molecular weight excluding hydrogens is 337 g/mol. The van der Waals surface area contributed by atoms with E-state index in [1.807, 2.05) is 12.1 Å². The van der Waals surface area contributed by atoms with Gasteiger partial charge >= 0.3 is 0 Å². The lowest BCUT2D eigenvalue weighted by Crippen LogP contribution is -2.18. The number of hydrogen-bond acceptors (Lipinski definition) is 4. The van der Waals surface area contributed by atoms with E-state index in [1.165, 1.54) is 0 Å². The number of nitrogens with two attached hydrogens (primary N) is 1. The fourth-order valence-electron chi connectivity index (χ4n) is 2.94. The van der Waals surface area contributed by atoms with Gasteiger partial charge in [-0.15, -0.1) is 0 Å². The molecule has 0 atom stereocenters. The van der Waals surface area contributed by atoms with E-state index in [0.29, 0.717) is 27.2 Å². The third-order valence-electron chi connectivity index (χ3n) is 4.32. The molecule has 1 fully saturated rings. The summed E-state index contributed by atoms with van der Waals surface area (Å²) in [7, 11) is 0. The largest absolute Gasteiger partial charge is 0.454 e. The van der Waals surface area contributed by atoms with Crippen LogP contribution in [-0.2, 0) is 10.2 Å². The molecule has 1 aliphatic heterocycles. The van der Waals surface area contributed by atoms with Crippen LogP contribution in [0, 0.1) is 0 Å². The summed E-state index contributed by atoms with van der Waals surface area (Å²) in [5.74, 6) is 6.37. The van der Waals surface area contributed by atoms with E-state index in [0.717, 1.165) is 24.1 Å². The Morgan fingerprint density at radius 3 is 2.48 bits per heavy atom. The van der Waals surface area contributed by atoms with Crippen LogP contribution in [0.2, 0.25) is 10.0 Å². The second kappa shape index (κ2) is 5.03. The molecule has 2 aliphatic rings. The summed E-state index contributed by atoms with van der Waals surface area (Å²) < 4.78 is 5.85. The zero-order valence-electron chi connectivity index (χ0n) is 12.0. The highest BCUT2D eigenvalue weighted by Gasteiger charge is 2.56. The highest BCUT2D eigenvalue weighted by atomic mass is 35.5. The van der Waals surface area contributed by atoms with Crippen molar-refractivity contribution in [2.75, 3.05) is 10.7 Å². The van der Waals surface area contributed by atoms with Gasteiger partial charge in [0.15, 0.2) is 5.75 Å². The number of benzene rings is 2. The molecule has 0 bridgehead atoms. The van der Waals surface area contributed by atoms with Crippen LogP contribution in [-0.4, -0.2) is 5.91 Å². The van der Waals surface area contributed by atoms with Crippen LogP contribution >= 0.6 is 23.2 Å². The van der Waals surface area contributed by atoms with Gasteiger partial charge in [-0.1, -0.05) is 23.2 Å². The van der Waals surface area contributed by atoms with Crippen LogP contribution in [0.1, 0.15) is 18.4 Å². The Hall–Kier alpha value is -1.95. The molecule has 1 saturated carbocycles. The molecule has 23 heavy (non-hydrogen) atoms. The molecule has 1 spiro atoms. The van der Waals surface area contributed by atoms with E-state index in [4.69, 9.17) is 33.8 Å². The molecule has 4 N–H and O–H groups in total. The van der Waals surface area contributed by atoms with Gasteiger partial charge in [-0.05, 0) is 48.7 Å². The Bertz CT molecular complexity index is 811. The lowest BCUT2D eigenvalue weighted by molar-refractivity contribution is -0.117. The molecule has 1 heterocycles. The van der Waals surface area contributed by atoms with Crippen LogP contribution in [0.3, 0.4) is 0 Å². The number of amides is 1. The van der Waals surface area contributed by atoms with Gasteiger partial charge in [0, 0.05) is 5.69 Å². The van der Waals surface area contributed by atoms with Gasteiger partial charge in [-0.2, -0.15) is 0 Å². The number of carbonyl (C=O) groups excluding carboxylic acids is 1. The van der Waals surface area contributed by atoms with Crippen LogP contribution in [0.25, 0.3) is 0 Å². The number of hydrazine groups is 1. The number of rotatable bonds is 3. The number of carbonyl (C=O) groups is 1. The first kappa shape index (κ1) is 14.6. The second-order valence-electron chi connectivity index (χ2n) is 5.76. The average Bonchev–Trinajstić information content (AvgIpc) is 3.28. The first-order chi connectivity index (χ1) is 11.0. The van der Waals surface area contributed by atoms with E-state index in [9.17, 15) is 4.79 Å². The fourth-order valence-corrected chi connectivity index (χ4v) is 3.50. The summed E-state index contributed by atoms with van der Waals surface area (Å²) in [6.07, 6.45) is 1.74. The van der Waals surface area contributed by atoms with Gasteiger partial charge in [-0.3, -0.25) is 10.6 Å². The number of anilines is 2. The van der Waals surface area contributed by atoms with E-state index in [1.54, 1.807) is 18.2 Å². The lowest BCUT2D eigenvalue weighted by Gasteiger charge is -2.13. The number of nitrogen functional groups attached to an aromatic ring is 1. The zero-order chi connectivity index (χ0) is 16.2. The molecule has 1 amide bonds. The summed E-state index contributed by atoms with van der Waals surface area (Å²) in [6.45, 7) is 0. The van der Waals surface area contributed by atoms with Crippen molar-refractivity contribution < 1.29 is 9.53 Å². The van der Waals surface area contributed by atoms with E-state index in [2.05, 4.69) is 10.7 Å². The number of nitrogens with one attached hydrogen (secondary N) is 2. The predicted molar refractivity (Wildman–Crippen MR) is 90.3 cm³/mol. The van der Waals surface area contributed by atoms with Crippen molar-refractivity contribution in [1.29, 1.82) is 0 Å². The van der Waals surface area contributed by atoms with Crippen LogP contribution in [0.15, 0.2) is 30.3 Å². The highest BCUT2D eigenvalue weighted by Crippen LogP contribution is 2.56. The Morgan fingerprint density at radius 1 is 1.17 bits per heavy atom. The summed E-state index contributed by atoms with van der Waals surface area (Å²) in [4.78, 5) is 12.1. The third kappa shape index (κ3) is 2.24. The molecule has 5 nitrogen and oxygen atoms in total. The van der Waals surface area contributed by atoms with Crippen molar-refractivity contribution in [2.24, 2.45) is 5.84 Å². The average molecular weight is 350 g/mol. The van der Waals surface area contributed by atoms with E-state index in [-0.39, 0.29) is 11.3 Å². The molecule has 118 valence electrons. The summed E-state index contributed by atoms with van der Waals surface area (Å²) in [6, 6.07) is 8.75. The van der Waals surface area contributed by atoms with Gasteiger partial charge in [0.05, 0.1) is 21.1 Å². The predicted octanol–water partition coefficient (Wildman–Crippen LogP) is 4.06. The highest BCUT2D eigenvalue weighted by molar-refractivity contribution is 6.37. The molecule has 0 radical (unpaired) electrons. The van der Waals surface area contributed by atoms with E-state index >= 15 is 0 Å². The van der Waals surface area contributed by atoms with Crippen molar-refractivity contribution in [2.45, 2.75) is 18.3 Å². The van der Waals surface area contributed by atoms with Crippen molar-refractivity contribution in [3.8, 4) is 11.5 Å². The fraction of sp³-hybridized carbons (Fsp3) is 0.188. The van der Waals surface area contributed by atoms with E-state index < -0.39 is 0 Å². The first-order valence-corrected chi connectivity index (χ1v) is 7.88. The minimum atomic E-state index is -0.365. The quantitative estimate of drug-likeness (QED) is 0.576. The Balaban J connectivity index is 1.69. The molecular formula is C16H13Cl2N3O2. The zero-order valence-corrected chi connectivity index (χ0v) is 13.5. The first-order valence-electron chi connectivity index (χ1n) is 7.13. The lowest BCUT2D eigenvalue weighted by atomic mass is 9.98. The van der Waals surface area contributed by atoms with Gasteiger partial charge < -0.3 is 15.5 Å². The summed E-state index contributed by atoms with van der Waals surface area (Å²) >= 11 is 12.4. The Morgan fingerprint density at radius 2 is 1.87 bits per heavy atom. The monoisotopic (exact) mass is 349 g/mol. The second-order valence-corrected chi connectivity index (χ2v) is 6.57. The molecule has 1 aliphatic carbocycles. The van der Waals surface area contributed by atoms with Crippen LogP contribution < -0.4 is 21.3 Å². The van der Waals surface area contributed by atoms with Crippen molar-refractivity contribution in [1.82, 2.24) is 0 Å². The maximum atomic E-state index is 12.1. The third-order valence-corrected chi connectivity index (χ3v) is 4.89. The molecule has 4 rings (SSSR count). The molecule has 2 aromatic carbocycles. The number of halogens is 2. The minimum absolute atomic E-state index is 0.0686. The van der Waals surface area contributed by atoms with Gasteiger partial charge in [0.25, 0.3) is 0 Å². The summed E-state index contributed by atoms with van der Waals surface area (Å²) in [5, 5.41) is 3.61. The van der Waals surface area contributed by atoms with Crippen LogP contribution in [0.4, 0.5) is 11.4 Å². The number of fused-ring (bicyclic) bond motifs is 2. The van der Waals surface area contributed by atoms with Crippen LogP contribution in [0.5, 0.6) is 11.5 Å². The Labute approximate surface area is 142 Å². The SMILES string of the molecule is NNc1cc(Cl)c(Oc2ccc3c(c2)C2(CC2)C(=O)N3)c(Cl)c1. The normalized spacial score (nSPS) is 16.9. The standard InChI is InChI=1S/C16H13Cl2N3O2/c17-11-5-8(21-19)6-12(18)14(11)23-9-1-2-13-10(7-9)16(3-4-16)15(22)20-13/h1-2,5-7,21H,3-4,19H2,(H,20,22). The van der Waals surface area contributed by atoms with Crippen molar-refractivity contribution >= 4 is 40.5 Å². The molecule has 0 unspecified atom stereocenters. The maximum absolute atomic E-state index is 12.1. The molecule has 0 aromatic heterocycles. The number of ether oxygens (including phenoxy) is 1. The van der Waals surface area contributed by atoms with Gasteiger partial charge in [0.2, 0.25) is 5.91 Å². The van der Waals surface area contributed by atoms with Crippen molar-refractivity contribution in [3.05, 3.63) is 45.9 Å². The van der Waals surface area contributed by atoms with Crippen molar-refractivity contribution in [3.63, 3.8) is 0 Å². The van der Waals surface area contributed by atoms with Gasteiger partial charge in [-0.25, -0.2) is 0 Å². The van der Waals surface area contributed by atoms with Gasteiger partial charge in [0.1, 0.15) is 5.75 Å². The topological polar surface area (TPSA) is 76.4 Å². The minimum Gasteiger partial charge on any atom is -0.454 e. The maximum Gasteiger partial charge on any atom is 0.235 e. The summed E-state index contributed by atoms with van der Waals surface area (Å²) in [5.41, 5.74) is 4.54.